The van der Waals surface area contributed by atoms with E-state index in [9.17, 15) is 5.11 Å². The minimum atomic E-state index is 0.160. The minimum Gasteiger partial charge on any atom is -0.507 e. The molecule has 86 valence electrons. The maximum Gasteiger partial charge on any atom is 0.124 e. The number of hydrogen-bond donors (Lipinski definition) is 1. The molecular weight excluding hydrogens is 302 g/mol. The van der Waals surface area contributed by atoms with E-state index in [1.54, 1.807) is 24.4 Å². The van der Waals surface area contributed by atoms with Crippen molar-refractivity contribution in [3.63, 3.8) is 0 Å². The fourth-order valence-electron chi connectivity index (χ4n) is 1.33. The van der Waals surface area contributed by atoms with E-state index in [1.807, 2.05) is 24.3 Å². The zero-order chi connectivity index (χ0) is 12.3. The highest BCUT2D eigenvalue weighted by Gasteiger charge is 1.98. The summed E-state index contributed by atoms with van der Waals surface area (Å²) in [6.45, 7) is 0. The molecule has 0 bridgehead atoms. The zero-order valence-electron chi connectivity index (χ0n) is 8.77. The van der Waals surface area contributed by atoms with Gasteiger partial charge in [-0.05, 0) is 36.4 Å². The summed E-state index contributed by atoms with van der Waals surface area (Å²) in [6.07, 6.45) is 1.59. The van der Waals surface area contributed by atoms with Gasteiger partial charge in [0.05, 0.1) is 5.69 Å². The van der Waals surface area contributed by atoms with Crippen LogP contribution in [0.1, 0.15) is 5.56 Å². The van der Waals surface area contributed by atoms with E-state index in [0.29, 0.717) is 10.6 Å². The van der Waals surface area contributed by atoms with Gasteiger partial charge in [-0.3, -0.25) is 4.99 Å². The third-order valence-electron chi connectivity index (χ3n) is 2.15. The summed E-state index contributed by atoms with van der Waals surface area (Å²) in [5.41, 5.74) is 1.40. The van der Waals surface area contributed by atoms with Crippen molar-refractivity contribution in [2.24, 2.45) is 4.99 Å². The van der Waals surface area contributed by atoms with Gasteiger partial charge in [0.1, 0.15) is 5.75 Å². The molecule has 0 aromatic heterocycles. The van der Waals surface area contributed by atoms with Gasteiger partial charge in [0.2, 0.25) is 0 Å². The molecule has 0 aliphatic carbocycles. The summed E-state index contributed by atoms with van der Waals surface area (Å²) in [5, 5.41) is 10.2. The van der Waals surface area contributed by atoms with Crippen LogP contribution in [0.5, 0.6) is 5.75 Å². The molecule has 2 rings (SSSR count). The first kappa shape index (κ1) is 12.1. The Morgan fingerprint density at radius 2 is 2.00 bits per heavy atom. The molecule has 0 atom stereocenters. The van der Waals surface area contributed by atoms with Crippen LogP contribution < -0.4 is 0 Å². The summed E-state index contributed by atoms with van der Waals surface area (Å²) in [5.74, 6) is 0.160. The molecule has 0 aliphatic heterocycles. The number of aliphatic imine (C=N–C) groups is 1. The molecule has 1 N–H and O–H groups in total. The average Bonchev–Trinajstić information content (AvgIpc) is 2.30. The van der Waals surface area contributed by atoms with Crippen molar-refractivity contribution in [2.45, 2.75) is 0 Å². The lowest BCUT2D eigenvalue weighted by Gasteiger charge is -1.99. The fraction of sp³-hybridized carbons (Fsp3) is 0. The highest BCUT2D eigenvalue weighted by atomic mass is 79.9. The van der Waals surface area contributed by atoms with Crippen molar-refractivity contribution in [3.8, 4) is 5.75 Å². The lowest BCUT2D eigenvalue weighted by atomic mass is 10.2. The molecular formula is C13H9BrClNO. The number of nitrogens with zero attached hydrogens (tertiary/aromatic N) is 1. The number of phenolic OH excluding ortho intramolecular Hbond substituents is 1. The van der Waals surface area contributed by atoms with Gasteiger partial charge in [0, 0.05) is 21.3 Å². The van der Waals surface area contributed by atoms with Crippen molar-refractivity contribution in [1.29, 1.82) is 0 Å². The van der Waals surface area contributed by atoms with E-state index in [0.717, 1.165) is 10.2 Å². The van der Waals surface area contributed by atoms with Crippen LogP contribution in [0.25, 0.3) is 0 Å². The molecule has 0 saturated carbocycles. The van der Waals surface area contributed by atoms with Crippen molar-refractivity contribution in [1.82, 2.24) is 0 Å². The molecule has 0 heterocycles. The normalized spacial score (nSPS) is 10.9. The molecule has 2 nitrogen and oxygen atoms in total. The van der Waals surface area contributed by atoms with Crippen LogP contribution >= 0.6 is 27.5 Å². The van der Waals surface area contributed by atoms with Crippen LogP contribution in [0, 0.1) is 0 Å². The standard InChI is InChI=1S/C13H9BrClNO/c14-10-2-1-3-12(7-10)16-8-9-6-11(15)4-5-13(9)17/h1-8,17H. The van der Waals surface area contributed by atoms with Crippen LogP contribution in [0.2, 0.25) is 5.02 Å². The Morgan fingerprint density at radius 1 is 1.18 bits per heavy atom. The van der Waals surface area contributed by atoms with Crippen molar-refractivity contribution < 1.29 is 5.11 Å². The topological polar surface area (TPSA) is 32.6 Å². The largest absolute Gasteiger partial charge is 0.507 e. The van der Waals surface area contributed by atoms with E-state index in [1.165, 1.54) is 0 Å². The molecule has 4 heteroatoms. The number of rotatable bonds is 2. The quantitative estimate of drug-likeness (QED) is 0.810. The summed E-state index contributed by atoms with van der Waals surface area (Å²) in [6, 6.07) is 12.4. The highest BCUT2D eigenvalue weighted by Crippen LogP contribution is 2.22. The number of aromatic hydroxyl groups is 1. The summed E-state index contributed by atoms with van der Waals surface area (Å²) < 4.78 is 0.961. The van der Waals surface area contributed by atoms with Gasteiger partial charge in [-0.1, -0.05) is 33.6 Å². The summed E-state index contributed by atoms with van der Waals surface area (Å²) in [4.78, 5) is 4.27. The second-order valence-electron chi connectivity index (χ2n) is 3.44. The Balaban J connectivity index is 2.29. The Hall–Kier alpha value is -1.32. The molecule has 2 aromatic carbocycles. The van der Waals surface area contributed by atoms with Crippen LogP contribution in [-0.2, 0) is 0 Å². The lowest BCUT2D eigenvalue weighted by molar-refractivity contribution is 0.474. The average molecular weight is 311 g/mol. The molecule has 0 radical (unpaired) electrons. The van der Waals surface area contributed by atoms with Crippen LogP contribution in [0.3, 0.4) is 0 Å². The van der Waals surface area contributed by atoms with Crippen LogP contribution in [0.15, 0.2) is 51.9 Å². The van der Waals surface area contributed by atoms with E-state index < -0.39 is 0 Å². The predicted octanol–water partition coefficient (Wildman–Crippen LogP) is 4.56. The summed E-state index contributed by atoms with van der Waals surface area (Å²) in [7, 11) is 0. The molecule has 0 saturated heterocycles. The van der Waals surface area contributed by atoms with Gasteiger partial charge in [-0.15, -0.1) is 0 Å². The van der Waals surface area contributed by atoms with Gasteiger partial charge < -0.3 is 5.11 Å². The molecule has 0 aliphatic rings. The Kier molecular flexibility index (Phi) is 3.82. The molecule has 0 spiro atoms. The van der Waals surface area contributed by atoms with Crippen LogP contribution in [0.4, 0.5) is 5.69 Å². The maximum atomic E-state index is 9.61. The molecule has 17 heavy (non-hydrogen) atoms. The van der Waals surface area contributed by atoms with Gasteiger partial charge in [0.25, 0.3) is 0 Å². The number of hydrogen-bond acceptors (Lipinski definition) is 2. The smallest absolute Gasteiger partial charge is 0.124 e. The third-order valence-corrected chi connectivity index (χ3v) is 2.88. The van der Waals surface area contributed by atoms with Gasteiger partial charge in [-0.2, -0.15) is 0 Å². The molecule has 0 amide bonds. The monoisotopic (exact) mass is 309 g/mol. The van der Waals surface area contributed by atoms with E-state index in [2.05, 4.69) is 20.9 Å². The first-order valence-electron chi connectivity index (χ1n) is 4.93. The highest BCUT2D eigenvalue weighted by molar-refractivity contribution is 9.10. The van der Waals surface area contributed by atoms with Gasteiger partial charge in [0.15, 0.2) is 0 Å². The summed E-state index contributed by atoms with van der Waals surface area (Å²) >= 11 is 9.21. The van der Waals surface area contributed by atoms with Crippen LogP contribution in [-0.4, -0.2) is 11.3 Å². The second kappa shape index (κ2) is 5.34. The molecule has 0 unspecified atom stereocenters. The second-order valence-corrected chi connectivity index (χ2v) is 4.79. The number of phenols is 1. The number of halogens is 2. The molecule has 2 aromatic rings. The van der Waals surface area contributed by atoms with Gasteiger partial charge >= 0.3 is 0 Å². The van der Waals surface area contributed by atoms with E-state index in [-0.39, 0.29) is 5.75 Å². The lowest BCUT2D eigenvalue weighted by Crippen LogP contribution is -1.82. The maximum absolute atomic E-state index is 9.61. The first-order chi connectivity index (χ1) is 8.15. The Morgan fingerprint density at radius 3 is 2.76 bits per heavy atom. The fourth-order valence-corrected chi connectivity index (χ4v) is 1.90. The van der Waals surface area contributed by atoms with Crippen molar-refractivity contribution >= 4 is 39.4 Å². The zero-order valence-corrected chi connectivity index (χ0v) is 11.1. The SMILES string of the molecule is Oc1ccc(Cl)cc1C=Nc1cccc(Br)c1. The van der Waals surface area contributed by atoms with E-state index >= 15 is 0 Å². The Labute approximate surface area is 113 Å². The van der Waals surface area contributed by atoms with Crippen molar-refractivity contribution in [2.75, 3.05) is 0 Å². The third kappa shape index (κ3) is 3.32. The first-order valence-corrected chi connectivity index (χ1v) is 6.10. The Bertz CT molecular complexity index is 569. The number of benzene rings is 2. The minimum absolute atomic E-state index is 0.160. The predicted molar refractivity (Wildman–Crippen MR) is 74.5 cm³/mol. The van der Waals surface area contributed by atoms with Gasteiger partial charge in [-0.25, -0.2) is 0 Å². The van der Waals surface area contributed by atoms with Crippen molar-refractivity contribution in [3.05, 3.63) is 57.5 Å². The van der Waals surface area contributed by atoms with E-state index in [4.69, 9.17) is 11.6 Å². The molecule has 0 fully saturated rings.